The van der Waals surface area contributed by atoms with Crippen LogP contribution in [-0.4, -0.2) is 42.6 Å². The molecular weight excluding hydrogens is 735 g/mol. The van der Waals surface area contributed by atoms with Crippen LogP contribution >= 0.6 is 33.9 Å². The molecule has 0 heterocycles. The first-order valence-electron chi connectivity index (χ1n) is 14.8. The number of hydrogen-bond acceptors (Lipinski definition) is 9. The van der Waals surface area contributed by atoms with E-state index in [0.717, 1.165) is 28.8 Å². The second-order valence-corrected chi connectivity index (χ2v) is 16.1. The Morgan fingerprint density at radius 2 is 1.12 bits per heavy atom. The summed E-state index contributed by atoms with van der Waals surface area (Å²) in [7, 11) is 0.257. The van der Waals surface area contributed by atoms with Gasteiger partial charge in [0.2, 0.25) is 0 Å². The molecule has 3 N–H and O–H groups in total. The second kappa shape index (κ2) is 16.3. The molecule has 0 radical (unpaired) electrons. The molecule has 0 fully saturated rings. The summed E-state index contributed by atoms with van der Waals surface area (Å²) in [4.78, 5) is 22.4. The highest BCUT2D eigenvalue weighted by Gasteiger charge is 2.22. The zero-order valence-electron chi connectivity index (χ0n) is 26.5. The SMILES string of the molecule is COc1ccc(Cl)cc1S(=O)(=O)Cl.COc1ccc(Cl)cc1S(=O)(=O)Nc1ccc2c(c1)CCC(=O)C2.Nc1ccc2c(c1)CCC(=O)C2. The lowest BCUT2D eigenvalue weighted by atomic mass is 9.91. The topological polar surface area (TPSA) is 159 Å². The molecule has 0 aromatic heterocycles. The third kappa shape index (κ3) is 10.3. The van der Waals surface area contributed by atoms with Crippen LogP contribution in [0.25, 0.3) is 0 Å². The van der Waals surface area contributed by atoms with E-state index in [0.29, 0.717) is 53.6 Å². The van der Waals surface area contributed by atoms with Crippen LogP contribution in [0, 0.1) is 0 Å². The Kier molecular flexibility index (Phi) is 12.6. The summed E-state index contributed by atoms with van der Waals surface area (Å²) in [6.45, 7) is 0. The highest BCUT2D eigenvalue weighted by molar-refractivity contribution is 8.13. The Labute approximate surface area is 299 Å². The van der Waals surface area contributed by atoms with Crippen molar-refractivity contribution in [2.45, 2.75) is 48.3 Å². The monoisotopic (exact) mass is 766 g/mol. The number of aryl methyl sites for hydroxylation is 2. The molecule has 4 aromatic rings. The first-order valence-corrected chi connectivity index (χ1v) is 19.3. The first kappa shape index (κ1) is 38.0. The van der Waals surface area contributed by atoms with E-state index in [-0.39, 0.29) is 27.1 Å². The van der Waals surface area contributed by atoms with E-state index >= 15 is 0 Å². The van der Waals surface area contributed by atoms with E-state index < -0.39 is 19.1 Å². The molecule has 0 aliphatic heterocycles. The Balaban J connectivity index is 0.000000182. The number of benzene rings is 4. The summed E-state index contributed by atoms with van der Waals surface area (Å²) < 4.78 is 59.7. The maximum atomic E-state index is 12.6. The minimum absolute atomic E-state index is 0.0228. The van der Waals surface area contributed by atoms with Crippen LogP contribution in [0.15, 0.2) is 82.6 Å². The summed E-state index contributed by atoms with van der Waals surface area (Å²) in [6, 6.07) is 19.6. The average molecular weight is 768 g/mol. The van der Waals surface area contributed by atoms with Crippen LogP contribution in [0.2, 0.25) is 10.0 Å². The van der Waals surface area contributed by atoms with Crippen LogP contribution in [0.5, 0.6) is 11.5 Å². The Morgan fingerprint density at radius 1 is 0.633 bits per heavy atom. The number of halogens is 3. The van der Waals surface area contributed by atoms with Crippen molar-refractivity contribution in [2.75, 3.05) is 24.7 Å². The van der Waals surface area contributed by atoms with Crippen molar-refractivity contribution >= 4 is 75.9 Å². The minimum atomic E-state index is -3.84. The number of carbonyl (C=O) groups excluding carboxylic acids is 2. The number of hydrogen-bond donors (Lipinski definition) is 2. The number of carbonyl (C=O) groups is 2. The highest BCUT2D eigenvalue weighted by atomic mass is 35.7. The molecule has 6 rings (SSSR count). The van der Waals surface area contributed by atoms with E-state index in [4.69, 9.17) is 49.1 Å². The van der Waals surface area contributed by atoms with Crippen molar-refractivity contribution in [3.63, 3.8) is 0 Å². The van der Waals surface area contributed by atoms with Crippen molar-refractivity contribution in [2.24, 2.45) is 0 Å². The lowest BCUT2D eigenvalue weighted by Crippen LogP contribution is -2.16. The zero-order valence-corrected chi connectivity index (χ0v) is 30.4. The maximum Gasteiger partial charge on any atom is 0.265 e. The lowest BCUT2D eigenvalue weighted by Gasteiger charge is -2.17. The van der Waals surface area contributed by atoms with E-state index in [2.05, 4.69) is 4.72 Å². The number of rotatable bonds is 6. The molecule has 0 bridgehead atoms. The molecule has 15 heteroatoms. The molecule has 0 saturated carbocycles. The molecule has 0 spiro atoms. The molecule has 260 valence electrons. The smallest absolute Gasteiger partial charge is 0.265 e. The minimum Gasteiger partial charge on any atom is -0.495 e. The zero-order chi connectivity index (χ0) is 35.9. The Morgan fingerprint density at radius 3 is 1.65 bits per heavy atom. The van der Waals surface area contributed by atoms with Gasteiger partial charge in [0.05, 0.1) is 14.2 Å². The third-order valence-corrected chi connectivity index (χ3v) is 10.8. The number of fused-ring (bicyclic) bond motifs is 2. The molecule has 0 atom stereocenters. The van der Waals surface area contributed by atoms with Crippen molar-refractivity contribution in [3.05, 3.63) is 105 Å². The van der Waals surface area contributed by atoms with Gasteiger partial charge < -0.3 is 15.2 Å². The van der Waals surface area contributed by atoms with Gasteiger partial charge in [-0.2, -0.15) is 0 Å². The van der Waals surface area contributed by atoms with Gasteiger partial charge in [0.25, 0.3) is 19.1 Å². The Hall–Kier alpha value is -3.81. The maximum absolute atomic E-state index is 12.6. The summed E-state index contributed by atoms with van der Waals surface area (Å²) in [5.41, 5.74) is 11.2. The van der Waals surface area contributed by atoms with Crippen LogP contribution in [0.3, 0.4) is 0 Å². The molecular formula is C34H33Cl3N2O8S2. The van der Waals surface area contributed by atoms with E-state index in [1.54, 1.807) is 24.3 Å². The predicted octanol–water partition coefficient (Wildman–Crippen LogP) is 6.81. The van der Waals surface area contributed by atoms with Gasteiger partial charge in [-0.25, -0.2) is 16.8 Å². The van der Waals surface area contributed by atoms with E-state index in [1.807, 2.05) is 18.2 Å². The van der Waals surface area contributed by atoms with Gasteiger partial charge in [0.15, 0.2) is 0 Å². The van der Waals surface area contributed by atoms with E-state index in [9.17, 15) is 26.4 Å². The molecule has 49 heavy (non-hydrogen) atoms. The van der Waals surface area contributed by atoms with Crippen molar-refractivity contribution in [3.8, 4) is 11.5 Å². The van der Waals surface area contributed by atoms with Gasteiger partial charge in [-0.3, -0.25) is 14.3 Å². The van der Waals surface area contributed by atoms with Gasteiger partial charge in [-0.1, -0.05) is 35.3 Å². The number of Topliss-reactive ketones (excluding diaryl/α,β-unsaturated/α-hetero) is 2. The summed E-state index contributed by atoms with van der Waals surface area (Å²) in [5.74, 6) is 0.946. The van der Waals surface area contributed by atoms with Crippen LogP contribution < -0.4 is 19.9 Å². The molecule has 10 nitrogen and oxygen atoms in total. The van der Waals surface area contributed by atoms with Crippen molar-refractivity contribution in [1.82, 2.24) is 0 Å². The number of methoxy groups -OCH3 is 2. The summed E-state index contributed by atoms with van der Waals surface area (Å²) in [6.07, 6.45) is 3.66. The van der Waals surface area contributed by atoms with Crippen LogP contribution in [0.4, 0.5) is 11.4 Å². The molecule has 0 amide bonds. The lowest BCUT2D eigenvalue weighted by molar-refractivity contribution is -0.119. The largest absolute Gasteiger partial charge is 0.495 e. The highest BCUT2D eigenvalue weighted by Crippen LogP contribution is 2.31. The van der Waals surface area contributed by atoms with E-state index in [1.165, 1.54) is 50.1 Å². The standard InChI is InChI=1S/C17H16ClNO4S.C10H11NO.C7H6Cl2O3S/c1-23-16-7-4-13(18)10-17(16)24(21,22)19-14-5-2-12-9-15(20)6-3-11(12)8-14;11-9-3-1-8-6-10(12)4-2-7(8)5-9;1-12-6-3-2-5(8)4-7(6)13(9,10)11/h2,4-5,7-8,10,19H,3,6,9H2,1H3;1,3,5H,2,4,6,11H2;2-4H,1H3. The normalized spacial score (nSPS) is 13.8. The number of sulfonamides is 1. The summed E-state index contributed by atoms with van der Waals surface area (Å²) in [5, 5.41) is 0.597. The van der Waals surface area contributed by atoms with Crippen LogP contribution in [0.1, 0.15) is 35.1 Å². The van der Waals surface area contributed by atoms with Crippen LogP contribution in [-0.2, 0) is 54.3 Å². The number of ketones is 2. The van der Waals surface area contributed by atoms with Crippen molar-refractivity contribution < 1.29 is 35.9 Å². The fraction of sp³-hybridized carbons (Fsp3) is 0.235. The number of nitrogens with one attached hydrogen (secondary N) is 1. The molecule has 0 saturated heterocycles. The second-order valence-electron chi connectivity index (χ2n) is 11.1. The van der Waals surface area contributed by atoms with Crippen molar-refractivity contribution in [1.29, 1.82) is 0 Å². The predicted molar refractivity (Wildman–Crippen MR) is 191 cm³/mol. The molecule has 2 aliphatic carbocycles. The summed E-state index contributed by atoms with van der Waals surface area (Å²) >= 11 is 11.5. The molecule has 4 aromatic carbocycles. The fourth-order valence-corrected chi connectivity index (χ4v) is 7.95. The van der Waals surface area contributed by atoms with Gasteiger partial charge in [0, 0.05) is 57.8 Å². The third-order valence-electron chi connectivity index (χ3n) is 7.61. The number of nitrogen functional groups attached to an aromatic ring is 1. The molecule has 2 aliphatic rings. The quantitative estimate of drug-likeness (QED) is 0.159. The first-order chi connectivity index (χ1) is 23.1. The van der Waals surface area contributed by atoms with Gasteiger partial charge in [0.1, 0.15) is 32.9 Å². The average Bonchev–Trinajstić information content (AvgIpc) is 3.05. The molecule has 0 unspecified atom stereocenters. The fourth-order valence-electron chi connectivity index (χ4n) is 5.21. The number of ether oxygens (including phenoxy) is 2. The van der Waals surface area contributed by atoms with Gasteiger partial charge >= 0.3 is 0 Å². The Bertz CT molecular complexity index is 2110. The number of anilines is 2. The van der Waals surface area contributed by atoms with Gasteiger partial charge in [-0.05, 0) is 95.8 Å². The number of nitrogens with two attached hydrogens (primary N) is 1. The van der Waals surface area contributed by atoms with Gasteiger partial charge in [-0.15, -0.1) is 0 Å².